The van der Waals surface area contributed by atoms with E-state index in [4.69, 9.17) is 33.0 Å². The first-order chi connectivity index (χ1) is 9.10. The predicted molar refractivity (Wildman–Crippen MR) is 71.5 cm³/mol. The first-order valence-electron chi connectivity index (χ1n) is 5.76. The molecule has 1 aromatic rings. The highest BCUT2D eigenvalue weighted by molar-refractivity contribution is 6.34. The van der Waals surface area contributed by atoms with E-state index in [2.05, 4.69) is 10.2 Å². The second-order valence-electron chi connectivity index (χ2n) is 3.59. The number of likely N-dealkylation sites (N-methyl/N-ethyl adjacent to an activating group) is 1. The van der Waals surface area contributed by atoms with Crippen molar-refractivity contribution in [1.82, 2.24) is 15.1 Å². The van der Waals surface area contributed by atoms with Gasteiger partial charge in [-0.3, -0.25) is 4.79 Å². The molecule has 0 aliphatic carbocycles. The van der Waals surface area contributed by atoms with Gasteiger partial charge in [0, 0.05) is 13.1 Å². The Morgan fingerprint density at radius 2 is 2.16 bits per heavy atom. The lowest BCUT2D eigenvalue weighted by Gasteiger charge is -2.21. The lowest BCUT2D eigenvalue weighted by molar-refractivity contribution is 0.0578. The summed E-state index contributed by atoms with van der Waals surface area (Å²) < 4.78 is 5.12. The highest BCUT2D eigenvalue weighted by atomic mass is 35.5. The van der Waals surface area contributed by atoms with Gasteiger partial charge in [0.15, 0.2) is 10.3 Å². The van der Waals surface area contributed by atoms with Crippen LogP contribution < -0.4 is 0 Å². The maximum absolute atomic E-state index is 12.2. The molecule has 1 heterocycles. The Morgan fingerprint density at radius 3 is 2.79 bits per heavy atom. The third-order valence-corrected chi connectivity index (χ3v) is 2.82. The largest absolute Gasteiger partial charge is 0.394 e. The molecule has 0 atom stereocenters. The molecule has 0 saturated carbocycles. The van der Waals surface area contributed by atoms with Gasteiger partial charge in [-0.2, -0.15) is 0 Å². The SMILES string of the molecule is CCN(CCOCCO)C(=O)c1cc(Cl)nnc1Cl. The molecule has 0 spiro atoms. The minimum absolute atomic E-state index is 0.0177. The number of nitrogens with zero attached hydrogens (tertiary/aromatic N) is 3. The number of aliphatic hydroxyl groups is 1. The number of halogens is 2. The number of amides is 1. The smallest absolute Gasteiger partial charge is 0.257 e. The molecule has 1 amide bonds. The van der Waals surface area contributed by atoms with Crippen LogP contribution in [0.5, 0.6) is 0 Å². The van der Waals surface area contributed by atoms with Crippen molar-refractivity contribution in [2.45, 2.75) is 6.92 Å². The van der Waals surface area contributed by atoms with Crippen molar-refractivity contribution in [2.24, 2.45) is 0 Å². The molecule has 8 heteroatoms. The molecule has 1 rings (SSSR count). The van der Waals surface area contributed by atoms with Gasteiger partial charge in [-0.25, -0.2) is 0 Å². The van der Waals surface area contributed by atoms with Gasteiger partial charge in [-0.1, -0.05) is 23.2 Å². The molecule has 0 aliphatic heterocycles. The van der Waals surface area contributed by atoms with Crippen LogP contribution in [0.4, 0.5) is 0 Å². The summed E-state index contributed by atoms with van der Waals surface area (Å²) in [6.07, 6.45) is 0. The molecule has 0 saturated heterocycles. The summed E-state index contributed by atoms with van der Waals surface area (Å²) in [4.78, 5) is 13.8. The number of ether oxygens (including phenoxy) is 1. The standard InChI is InChI=1S/C11H15Cl2N3O3/c1-2-16(3-5-19-6-4-17)11(18)8-7-9(12)14-15-10(8)13/h7,17H,2-6H2,1H3. The van der Waals surface area contributed by atoms with Crippen molar-refractivity contribution in [3.63, 3.8) is 0 Å². The fraction of sp³-hybridized carbons (Fsp3) is 0.545. The molecule has 0 fully saturated rings. The second-order valence-corrected chi connectivity index (χ2v) is 4.34. The van der Waals surface area contributed by atoms with Crippen LogP contribution in [0.2, 0.25) is 10.3 Å². The Morgan fingerprint density at radius 1 is 1.42 bits per heavy atom. The van der Waals surface area contributed by atoms with Crippen LogP contribution in [0.15, 0.2) is 6.07 Å². The van der Waals surface area contributed by atoms with Gasteiger partial charge in [-0.15, -0.1) is 10.2 Å². The zero-order valence-corrected chi connectivity index (χ0v) is 12.0. The zero-order valence-electron chi connectivity index (χ0n) is 10.5. The molecular weight excluding hydrogens is 293 g/mol. The van der Waals surface area contributed by atoms with Crippen LogP contribution >= 0.6 is 23.2 Å². The number of carbonyl (C=O) groups excluding carboxylic acids is 1. The van der Waals surface area contributed by atoms with Crippen molar-refractivity contribution in [3.8, 4) is 0 Å². The lowest BCUT2D eigenvalue weighted by atomic mass is 10.2. The summed E-state index contributed by atoms with van der Waals surface area (Å²) in [5.41, 5.74) is 0.214. The Kier molecular flexibility index (Phi) is 7.01. The summed E-state index contributed by atoms with van der Waals surface area (Å²) in [7, 11) is 0. The number of aliphatic hydroxyl groups excluding tert-OH is 1. The summed E-state index contributed by atoms with van der Waals surface area (Å²) >= 11 is 11.5. The van der Waals surface area contributed by atoms with E-state index in [1.807, 2.05) is 6.92 Å². The Labute approximate surface area is 121 Å². The minimum atomic E-state index is -0.281. The highest BCUT2D eigenvalue weighted by Gasteiger charge is 2.18. The van der Waals surface area contributed by atoms with Crippen molar-refractivity contribution in [2.75, 3.05) is 32.9 Å². The summed E-state index contributed by atoms with van der Waals surface area (Å²) in [6, 6.07) is 1.39. The average molecular weight is 308 g/mol. The first kappa shape index (κ1) is 16.1. The maximum atomic E-state index is 12.2. The van der Waals surface area contributed by atoms with Gasteiger partial charge >= 0.3 is 0 Å². The van der Waals surface area contributed by atoms with Gasteiger partial charge < -0.3 is 14.7 Å². The van der Waals surface area contributed by atoms with E-state index in [-0.39, 0.29) is 35.0 Å². The van der Waals surface area contributed by atoms with Crippen LogP contribution in [0.25, 0.3) is 0 Å². The molecule has 0 aromatic carbocycles. The van der Waals surface area contributed by atoms with Crippen molar-refractivity contribution in [3.05, 3.63) is 21.9 Å². The molecular formula is C11H15Cl2N3O3. The minimum Gasteiger partial charge on any atom is -0.394 e. The lowest BCUT2D eigenvalue weighted by Crippen LogP contribution is -2.34. The molecule has 0 bridgehead atoms. The molecule has 0 unspecified atom stereocenters. The van der Waals surface area contributed by atoms with Gasteiger partial charge in [0.1, 0.15) is 0 Å². The van der Waals surface area contributed by atoms with Crippen LogP contribution in [0.3, 0.4) is 0 Å². The number of hydrogen-bond donors (Lipinski definition) is 1. The Balaban J connectivity index is 2.69. The van der Waals surface area contributed by atoms with E-state index in [1.54, 1.807) is 4.90 Å². The fourth-order valence-corrected chi connectivity index (χ4v) is 1.74. The second kappa shape index (κ2) is 8.27. The molecule has 0 aliphatic rings. The number of hydrogen-bond acceptors (Lipinski definition) is 5. The molecule has 0 radical (unpaired) electrons. The molecule has 1 N–H and O–H groups in total. The van der Waals surface area contributed by atoms with Gasteiger partial charge in [0.05, 0.1) is 25.4 Å². The van der Waals surface area contributed by atoms with E-state index in [9.17, 15) is 4.79 Å². The molecule has 6 nitrogen and oxygen atoms in total. The fourth-order valence-electron chi connectivity index (χ4n) is 1.42. The number of rotatable bonds is 7. The van der Waals surface area contributed by atoms with Gasteiger partial charge in [0.2, 0.25) is 0 Å². The predicted octanol–water partition coefficient (Wildman–Crippen LogP) is 1.25. The van der Waals surface area contributed by atoms with Crippen LogP contribution in [0.1, 0.15) is 17.3 Å². The van der Waals surface area contributed by atoms with Crippen molar-refractivity contribution in [1.29, 1.82) is 0 Å². The van der Waals surface area contributed by atoms with Crippen LogP contribution in [-0.4, -0.2) is 59.0 Å². The van der Waals surface area contributed by atoms with Crippen LogP contribution in [-0.2, 0) is 4.74 Å². The topological polar surface area (TPSA) is 75.6 Å². The van der Waals surface area contributed by atoms with E-state index >= 15 is 0 Å². The molecule has 19 heavy (non-hydrogen) atoms. The summed E-state index contributed by atoms with van der Waals surface area (Å²) in [6.45, 7) is 3.27. The molecule has 106 valence electrons. The normalized spacial score (nSPS) is 10.5. The third-order valence-electron chi connectivity index (χ3n) is 2.36. The van der Waals surface area contributed by atoms with E-state index < -0.39 is 0 Å². The van der Waals surface area contributed by atoms with E-state index in [1.165, 1.54) is 6.07 Å². The summed E-state index contributed by atoms with van der Waals surface area (Å²) in [5, 5.41) is 15.9. The van der Waals surface area contributed by atoms with E-state index in [0.29, 0.717) is 19.7 Å². The van der Waals surface area contributed by atoms with Crippen LogP contribution in [0, 0.1) is 0 Å². The average Bonchev–Trinajstić information content (AvgIpc) is 2.41. The first-order valence-corrected chi connectivity index (χ1v) is 6.52. The summed E-state index contributed by atoms with van der Waals surface area (Å²) in [5.74, 6) is -0.281. The van der Waals surface area contributed by atoms with Crippen molar-refractivity contribution < 1.29 is 14.6 Å². The Bertz CT molecular complexity index is 432. The number of carbonyl (C=O) groups is 1. The highest BCUT2D eigenvalue weighted by Crippen LogP contribution is 2.17. The van der Waals surface area contributed by atoms with Gasteiger partial charge in [0.25, 0.3) is 5.91 Å². The third kappa shape index (κ3) is 4.91. The van der Waals surface area contributed by atoms with E-state index in [0.717, 1.165) is 0 Å². The monoisotopic (exact) mass is 307 g/mol. The quantitative estimate of drug-likeness (QED) is 0.767. The maximum Gasteiger partial charge on any atom is 0.257 e. The Hall–Kier alpha value is -0.950. The van der Waals surface area contributed by atoms with Gasteiger partial charge in [-0.05, 0) is 13.0 Å². The zero-order chi connectivity index (χ0) is 14.3. The number of aromatic nitrogens is 2. The van der Waals surface area contributed by atoms with Crippen molar-refractivity contribution >= 4 is 29.1 Å². The molecule has 1 aromatic heterocycles.